The van der Waals surface area contributed by atoms with E-state index in [1.165, 1.54) is 47.9 Å². The topological polar surface area (TPSA) is 50.6 Å². The van der Waals surface area contributed by atoms with Crippen molar-refractivity contribution in [3.8, 4) is 11.4 Å². The van der Waals surface area contributed by atoms with E-state index in [4.69, 9.17) is 4.74 Å². The van der Waals surface area contributed by atoms with Crippen LogP contribution in [0, 0.1) is 12.8 Å². The van der Waals surface area contributed by atoms with Crippen molar-refractivity contribution in [1.29, 1.82) is 0 Å². The summed E-state index contributed by atoms with van der Waals surface area (Å²) in [5.41, 5.74) is 4.06. The second-order valence-corrected chi connectivity index (χ2v) is 9.98. The lowest BCUT2D eigenvalue weighted by Gasteiger charge is -2.36. The van der Waals surface area contributed by atoms with Gasteiger partial charge in [-0.15, -0.1) is 0 Å². The van der Waals surface area contributed by atoms with Crippen molar-refractivity contribution >= 4 is 5.69 Å². The summed E-state index contributed by atoms with van der Waals surface area (Å²) >= 11 is 0. The Balaban J connectivity index is 1.34. The van der Waals surface area contributed by atoms with Gasteiger partial charge in [0.15, 0.2) is 0 Å². The van der Waals surface area contributed by atoms with Crippen LogP contribution in [0.3, 0.4) is 0 Å². The Bertz CT molecular complexity index is 1160. The largest absolute Gasteiger partial charge is 0.486 e. The summed E-state index contributed by atoms with van der Waals surface area (Å²) in [6.07, 6.45) is 8.02. The quantitative estimate of drug-likeness (QED) is 0.493. The Morgan fingerprint density at radius 1 is 0.943 bits per heavy atom. The second-order valence-electron chi connectivity index (χ2n) is 9.98. The first-order valence-electron chi connectivity index (χ1n) is 13.0. The van der Waals surface area contributed by atoms with Crippen LogP contribution >= 0.6 is 0 Å². The van der Waals surface area contributed by atoms with Crippen molar-refractivity contribution in [2.24, 2.45) is 5.92 Å². The Morgan fingerprint density at radius 2 is 1.71 bits per heavy atom. The molecule has 0 spiro atoms. The van der Waals surface area contributed by atoms with Crippen molar-refractivity contribution in [2.45, 2.75) is 45.6 Å². The molecule has 3 aromatic rings. The van der Waals surface area contributed by atoms with E-state index < -0.39 is 0 Å². The maximum Gasteiger partial charge on any atom is 0.316 e. The van der Waals surface area contributed by atoms with Gasteiger partial charge in [-0.2, -0.15) is 9.78 Å². The first-order chi connectivity index (χ1) is 17.2. The Morgan fingerprint density at radius 3 is 2.46 bits per heavy atom. The monoisotopic (exact) mass is 472 g/mol. The van der Waals surface area contributed by atoms with E-state index in [2.05, 4.69) is 46.1 Å². The number of ether oxygens (including phenoxy) is 1. The van der Waals surface area contributed by atoms with Crippen LogP contribution in [-0.4, -0.2) is 47.5 Å². The van der Waals surface area contributed by atoms with Crippen LogP contribution in [0.25, 0.3) is 5.69 Å². The molecule has 2 aliphatic rings. The average molecular weight is 473 g/mol. The molecule has 1 saturated carbocycles. The van der Waals surface area contributed by atoms with Crippen LogP contribution in [0.5, 0.6) is 5.75 Å². The minimum Gasteiger partial charge on any atom is -0.486 e. The number of aromatic nitrogens is 2. The third-order valence-electron chi connectivity index (χ3n) is 7.31. The van der Waals surface area contributed by atoms with Gasteiger partial charge in [0, 0.05) is 32.7 Å². The molecule has 184 valence electrons. The van der Waals surface area contributed by atoms with Crippen LogP contribution in [-0.2, 0) is 6.54 Å². The molecule has 0 N–H and O–H groups in total. The molecule has 1 saturated heterocycles. The highest BCUT2D eigenvalue weighted by atomic mass is 16.5. The lowest BCUT2D eigenvalue weighted by Crippen LogP contribution is -2.46. The van der Waals surface area contributed by atoms with E-state index in [1.54, 1.807) is 0 Å². The fraction of sp³-hybridized carbons (Fsp3) is 0.448. The second kappa shape index (κ2) is 11.1. The van der Waals surface area contributed by atoms with Gasteiger partial charge in [0.1, 0.15) is 5.69 Å². The van der Waals surface area contributed by atoms with Gasteiger partial charge in [-0.3, -0.25) is 9.69 Å². The molecule has 0 amide bonds. The lowest BCUT2D eigenvalue weighted by molar-refractivity contribution is 0.205. The van der Waals surface area contributed by atoms with E-state index in [1.807, 2.05) is 36.5 Å². The minimum atomic E-state index is -0.174. The minimum absolute atomic E-state index is 0.174. The predicted molar refractivity (Wildman–Crippen MR) is 141 cm³/mol. The van der Waals surface area contributed by atoms with Gasteiger partial charge in [0.25, 0.3) is 0 Å². The molecule has 2 heterocycles. The predicted octanol–water partition coefficient (Wildman–Crippen LogP) is 4.82. The summed E-state index contributed by atoms with van der Waals surface area (Å²) in [6, 6.07) is 18.3. The maximum atomic E-state index is 13.6. The molecule has 0 atom stereocenters. The molecule has 2 fully saturated rings. The lowest BCUT2D eigenvalue weighted by atomic mass is 9.90. The molecule has 2 aromatic carbocycles. The van der Waals surface area contributed by atoms with Crippen molar-refractivity contribution in [1.82, 2.24) is 14.7 Å². The highest BCUT2D eigenvalue weighted by Crippen LogP contribution is 2.29. The fourth-order valence-corrected chi connectivity index (χ4v) is 5.31. The highest BCUT2D eigenvalue weighted by Gasteiger charge is 2.25. The first kappa shape index (κ1) is 23.6. The molecule has 0 unspecified atom stereocenters. The SMILES string of the molecule is Cc1cccc(CN2CCN(c3cnn(-c4ccccc4)c(=O)c3OCC3CCCCC3)CC2)c1. The van der Waals surface area contributed by atoms with Crippen LogP contribution in [0.1, 0.15) is 43.2 Å². The number of piperazine rings is 1. The van der Waals surface area contributed by atoms with Crippen LogP contribution < -0.4 is 15.2 Å². The van der Waals surface area contributed by atoms with Gasteiger partial charge in [0.05, 0.1) is 18.5 Å². The van der Waals surface area contributed by atoms with Crippen molar-refractivity contribution in [2.75, 3.05) is 37.7 Å². The molecule has 6 heteroatoms. The molecule has 6 nitrogen and oxygen atoms in total. The fourth-order valence-electron chi connectivity index (χ4n) is 5.31. The number of aryl methyl sites for hydroxylation is 1. The molecule has 0 bridgehead atoms. The third-order valence-corrected chi connectivity index (χ3v) is 7.31. The van der Waals surface area contributed by atoms with Gasteiger partial charge < -0.3 is 9.64 Å². The van der Waals surface area contributed by atoms with Gasteiger partial charge in [-0.1, -0.05) is 67.3 Å². The van der Waals surface area contributed by atoms with E-state index >= 15 is 0 Å². The van der Waals surface area contributed by atoms with E-state index in [0.717, 1.165) is 44.1 Å². The number of anilines is 1. The van der Waals surface area contributed by atoms with Crippen molar-refractivity contribution in [3.63, 3.8) is 0 Å². The van der Waals surface area contributed by atoms with Crippen molar-refractivity contribution in [3.05, 3.63) is 82.3 Å². The molecule has 5 rings (SSSR count). The van der Waals surface area contributed by atoms with Gasteiger partial charge >= 0.3 is 5.56 Å². The molecule has 1 aliphatic carbocycles. The number of hydrogen-bond donors (Lipinski definition) is 0. The number of hydrogen-bond acceptors (Lipinski definition) is 5. The summed E-state index contributed by atoms with van der Waals surface area (Å²) < 4.78 is 7.80. The number of para-hydroxylation sites is 1. The van der Waals surface area contributed by atoms with Gasteiger partial charge in [-0.05, 0) is 43.4 Å². The Kier molecular flexibility index (Phi) is 7.48. The zero-order valence-electron chi connectivity index (χ0n) is 20.7. The molecule has 1 aliphatic heterocycles. The highest BCUT2D eigenvalue weighted by molar-refractivity contribution is 5.57. The van der Waals surface area contributed by atoms with E-state index in [9.17, 15) is 4.79 Å². The molecular weight excluding hydrogens is 436 g/mol. The smallest absolute Gasteiger partial charge is 0.316 e. The Labute approximate surface area is 208 Å². The normalized spacial score (nSPS) is 17.5. The molecular formula is C29H36N4O2. The van der Waals surface area contributed by atoms with Gasteiger partial charge in [0.2, 0.25) is 5.75 Å². The zero-order valence-corrected chi connectivity index (χ0v) is 20.7. The molecule has 0 radical (unpaired) electrons. The van der Waals surface area contributed by atoms with Crippen LogP contribution in [0.15, 0.2) is 65.6 Å². The van der Waals surface area contributed by atoms with Gasteiger partial charge in [-0.25, -0.2) is 0 Å². The third kappa shape index (κ3) is 5.76. The van der Waals surface area contributed by atoms with Crippen LogP contribution in [0.4, 0.5) is 5.69 Å². The maximum absolute atomic E-state index is 13.6. The summed E-state index contributed by atoms with van der Waals surface area (Å²) in [4.78, 5) is 18.3. The Hall–Kier alpha value is -3.12. The molecule has 1 aromatic heterocycles. The molecule has 35 heavy (non-hydrogen) atoms. The average Bonchev–Trinajstić information content (AvgIpc) is 2.89. The summed E-state index contributed by atoms with van der Waals surface area (Å²) in [6.45, 7) is 7.28. The van der Waals surface area contributed by atoms with E-state index in [0.29, 0.717) is 18.3 Å². The van der Waals surface area contributed by atoms with Crippen molar-refractivity contribution < 1.29 is 4.74 Å². The number of benzene rings is 2. The summed E-state index contributed by atoms with van der Waals surface area (Å²) in [5.74, 6) is 0.974. The zero-order chi connectivity index (χ0) is 24.0. The van der Waals surface area contributed by atoms with Crippen LogP contribution in [0.2, 0.25) is 0 Å². The number of rotatable bonds is 7. The first-order valence-corrected chi connectivity index (χ1v) is 13.0. The van der Waals surface area contributed by atoms with E-state index in [-0.39, 0.29) is 5.56 Å². The summed E-state index contributed by atoms with van der Waals surface area (Å²) in [5, 5.41) is 4.54. The number of nitrogens with zero attached hydrogens (tertiary/aromatic N) is 4. The summed E-state index contributed by atoms with van der Waals surface area (Å²) in [7, 11) is 0. The standard InChI is InChI=1S/C29H36N4O2/c1-23-9-8-12-25(19-23)21-31-15-17-32(18-16-31)27-20-30-33(26-13-6-3-7-14-26)29(34)28(27)35-22-24-10-4-2-5-11-24/h3,6-9,12-14,19-20,24H,2,4-5,10-11,15-18,21-22H2,1H3.